The molecular weight excluding hydrogens is 164 g/mol. The van der Waals surface area contributed by atoms with Gasteiger partial charge in [-0.05, 0) is 38.9 Å². The molecule has 1 saturated heterocycles. The molecule has 3 nitrogen and oxygen atoms in total. The van der Waals surface area contributed by atoms with Crippen molar-refractivity contribution in [3.63, 3.8) is 0 Å². The Morgan fingerprint density at radius 1 is 1.46 bits per heavy atom. The van der Waals surface area contributed by atoms with Gasteiger partial charge in [-0.2, -0.15) is 0 Å². The first-order chi connectivity index (χ1) is 6.22. The molecule has 1 aliphatic heterocycles. The Bertz CT molecular complexity index is 133. The van der Waals surface area contributed by atoms with E-state index in [1.165, 1.54) is 25.9 Å². The smallest absolute Gasteiger partial charge is 0.0468 e. The van der Waals surface area contributed by atoms with E-state index in [4.69, 9.17) is 5.11 Å². The third kappa shape index (κ3) is 4.07. The van der Waals surface area contributed by atoms with E-state index in [-0.39, 0.29) is 0 Å². The van der Waals surface area contributed by atoms with E-state index in [0.29, 0.717) is 18.6 Å². The molecule has 1 aliphatic rings. The molecule has 0 radical (unpaired) electrons. The molecule has 0 aromatic carbocycles. The summed E-state index contributed by atoms with van der Waals surface area (Å²) >= 11 is 0. The van der Waals surface area contributed by atoms with Gasteiger partial charge in [-0.1, -0.05) is 6.92 Å². The highest BCUT2D eigenvalue weighted by Crippen LogP contribution is 2.08. The first-order valence-corrected chi connectivity index (χ1v) is 5.25. The molecule has 1 unspecified atom stereocenters. The lowest BCUT2D eigenvalue weighted by Crippen LogP contribution is -2.42. The molecule has 1 rings (SSSR count). The van der Waals surface area contributed by atoms with Gasteiger partial charge in [0.15, 0.2) is 0 Å². The van der Waals surface area contributed by atoms with Gasteiger partial charge in [0.05, 0.1) is 0 Å². The van der Waals surface area contributed by atoms with Gasteiger partial charge < -0.3 is 15.3 Å². The molecule has 0 saturated carbocycles. The van der Waals surface area contributed by atoms with Gasteiger partial charge in [-0.15, -0.1) is 0 Å². The van der Waals surface area contributed by atoms with Crippen LogP contribution in [0.4, 0.5) is 0 Å². The maximum absolute atomic E-state index is 8.86. The standard InChI is InChI=1S/C10H22N2O/c1-9(8-13)7-11-10-3-5-12(2)6-4-10/h9-11,13H,3-8H2,1-2H3. The number of rotatable bonds is 4. The Hall–Kier alpha value is -0.120. The molecule has 1 heterocycles. The fourth-order valence-corrected chi connectivity index (χ4v) is 1.65. The maximum Gasteiger partial charge on any atom is 0.0468 e. The van der Waals surface area contributed by atoms with Crippen molar-refractivity contribution in [2.45, 2.75) is 25.8 Å². The van der Waals surface area contributed by atoms with E-state index < -0.39 is 0 Å². The van der Waals surface area contributed by atoms with Crippen molar-refractivity contribution in [2.24, 2.45) is 5.92 Å². The summed E-state index contributed by atoms with van der Waals surface area (Å²) < 4.78 is 0. The molecule has 0 spiro atoms. The third-order valence-electron chi connectivity index (χ3n) is 2.79. The second kappa shape index (κ2) is 5.58. The van der Waals surface area contributed by atoms with E-state index in [1.54, 1.807) is 0 Å². The lowest BCUT2D eigenvalue weighted by molar-refractivity contribution is 0.206. The number of nitrogens with one attached hydrogen (secondary N) is 1. The Kier molecular flexibility index (Phi) is 4.70. The normalized spacial score (nSPS) is 23.3. The zero-order chi connectivity index (χ0) is 9.68. The lowest BCUT2D eigenvalue weighted by Gasteiger charge is -2.30. The van der Waals surface area contributed by atoms with Crippen molar-refractivity contribution in [2.75, 3.05) is 33.3 Å². The Morgan fingerprint density at radius 3 is 2.62 bits per heavy atom. The van der Waals surface area contributed by atoms with Gasteiger partial charge in [0.1, 0.15) is 0 Å². The molecule has 0 aromatic rings. The molecule has 2 N–H and O–H groups in total. The topological polar surface area (TPSA) is 35.5 Å². The van der Waals surface area contributed by atoms with Crippen LogP contribution in [0.25, 0.3) is 0 Å². The Balaban J connectivity index is 2.08. The summed E-state index contributed by atoms with van der Waals surface area (Å²) in [6.45, 7) is 5.71. The van der Waals surface area contributed by atoms with Crippen molar-refractivity contribution < 1.29 is 5.11 Å². The van der Waals surface area contributed by atoms with Crippen molar-refractivity contribution >= 4 is 0 Å². The number of hydrogen-bond donors (Lipinski definition) is 2. The van der Waals surface area contributed by atoms with Crippen molar-refractivity contribution in [1.29, 1.82) is 0 Å². The molecule has 13 heavy (non-hydrogen) atoms. The van der Waals surface area contributed by atoms with E-state index in [9.17, 15) is 0 Å². The number of likely N-dealkylation sites (tertiary alicyclic amines) is 1. The van der Waals surface area contributed by atoms with E-state index in [1.807, 2.05) is 0 Å². The summed E-state index contributed by atoms with van der Waals surface area (Å²) in [7, 11) is 2.17. The van der Waals surface area contributed by atoms with Crippen LogP contribution in [0.15, 0.2) is 0 Å². The molecule has 78 valence electrons. The largest absolute Gasteiger partial charge is 0.396 e. The third-order valence-corrected chi connectivity index (χ3v) is 2.79. The van der Waals surface area contributed by atoms with Crippen LogP contribution in [0.3, 0.4) is 0 Å². The zero-order valence-corrected chi connectivity index (χ0v) is 8.79. The second-order valence-corrected chi connectivity index (χ2v) is 4.27. The van der Waals surface area contributed by atoms with E-state index in [0.717, 1.165) is 6.54 Å². The van der Waals surface area contributed by atoms with Crippen LogP contribution in [-0.4, -0.2) is 49.3 Å². The number of aliphatic hydroxyl groups is 1. The average molecular weight is 186 g/mol. The summed E-state index contributed by atoms with van der Waals surface area (Å²) in [5.41, 5.74) is 0. The number of aliphatic hydroxyl groups excluding tert-OH is 1. The van der Waals surface area contributed by atoms with Gasteiger partial charge in [0, 0.05) is 19.2 Å². The SMILES string of the molecule is CC(CO)CNC1CCN(C)CC1. The minimum Gasteiger partial charge on any atom is -0.396 e. The molecule has 0 amide bonds. The van der Waals surface area contributed by atoms with Crippen LogP contribution < -0.4 is 5.32 Å². The summed E-state index contributed by atoms with van der Waals surface area (Å²) in [6, 6.07) is 0.671. The van der Waals surface area contributed by atoms with Crippen LogP contribution in [-0.2, 0) is 0 Å². The lowest BCUT2D eigenvalue weighted by atomic mass is 10.0. The van der Waals surface area contributed by atoms with Crippen molar-refractivity contribution in [3.8, 4) is 0 Å². The predicted molar refractivity (Wildman–Crippen MR) is 54.8 cm³/mol. The summed E-state index contributed by atoms with van der Waals surface area (Å²) in [5.74, 6) is 0.389. The first-order valence-electron chi connectivity index (χ1n) is 5.25. The van der Waals surface area contributed by atoms with E-state index >= 15 is 0 Å². The molecule has 0 bridgehead atoms. The van der Waals surface area contributed by atoms with Gasteiger partial charge in [-0.25, -0.2) is 0 Å². The Morgan fingerprint density at radius 2 is 2.08 bits per heavy atom. The van der Waals surface area contributed by atoms with Gasteiger partial charge in [0.25, 0.3) is 0 Å². The van der Waals surface area contributed by atoms with Crippen LogP contribution in [0.1, 0.15) is 19.8 Å². The number of hydrogen-bond acceptors (Lipinski definition) is 3. The highest BCUT2D eigenvalue weighted by Gasteiger charge is 2.16. The van der Waals surface area contributed by atoms with Crippen LogP contribution in [0, 0.1) is 5.92 Å². The number of nitrogens with zero attached hydrogens (tertiary/aromatic N) is 1. The van der Waals surface area contributed by atoms with Crippen molar-refractivity contribution in [3.05, 3.63) is 0 Å². The van der Waals surface area contributed by atoms with Crippen LogP contribution >= 0.6 is 0 Å². The fourth-order valence-electron chi connectivity index (χ4n) is 1.65. The maximum atomic E-state index is 8.86. The van der Waals surface area contributed by atoms with E-state index in [2.05, 4.69) is 24.2 Å². The van der Waals surface area contributed by atoms with Crippen molar-refractivity contribution in [1.82, 2.24) is 10.2 Å². The summed E-state index contributed by atoms with van der Waals surface area (Å²) in [5, 5.41) is 12.4. The summed E-state index contributed by atoms with van der Waals surface area (Å²) in [4.78, 5) is 2.37. The fraction of sp³-hybridized carbons (Fsp3) is 1.00. The quantitative estimate of drug-likeness (QED) is 0.663. The van der Waals surface area contributed by atoms with Gasteiger partial charge in [0.2, 0.25) is 0 Å². The molecule has 0 aromatic heterocycles. The minimum atomic E-state index is 0.291. The van der Waals surface area contributed by atoms with Gasteiger partial charge >= 0.3 is 0 Å². The molecule has 0 aliphatic carbocycles. The highest BCUT2D eigenvalue weighted by molar-refractivity contribution is 4.75. The summed E-state index contributed by atoms with van der Waals surface area (Å²) in [6.07, 6.45) is 2.49. The Labute approximate surface area is 81.1 Å². The molecule has 3 heteroatoms. The van der Waals surface area contributed by atoms with Crippen LogP contribution in [0.5, 0.6) is 0 Å². The van der Waals surface area contributed by atoms with Crippen LogP contribution in [0.2, 0.25) is 0 Å². The highest BCUT2D eigenvalue weighted by atomic mass is 16.3. The first kappa shape index (κ1) is 11.0. The zero-order valence-electron chi connectivity index (χ0n) is 8.79. The second-order valence-electron chi connectivity index (χ2n) is 4.27. The molecule has 1 fully saturated rings. The predicted octanol–water partition coefficient (Wildman–Crippen LogP) is 0.299. The average Bonchev–Trinajstić information content (AvgIpc) is 2.16. The molecular formula is C10H22N2O. The molecule has 1 atom stereocenters. The minimum absolute atomic E-state index is 0.291. The number of piperidine rings is 1. The van der Waals surface area contributed by atoms with Gasteiger partial charge in [-0.3, -0.25) is 0 Å². The monoisotopic (exact) mass is 186 g/mol.